The van der Waals surface area contributed by atoms with Crippen LogP contribution in [0.25, 0.3) is 0 Å². The molecule has 1 aromatic carbocycles. The molecule has 1 aromatic heterocycles. The molecule has 112 valence electrons. The van der Waals surface area contributed by atoms with Gasteiger partial charge >= 0.3 is 0 Å². The highest BCUT2D eigenvalue weighted by atomic mass is 79.9. The molecule has 1 atom stereocenters. The molecule has 0 saturated heterocycles. The monoisotopic (exact) mass is 364 g/mol. The fraction of sp³-hybridized carbons (Fsp3) is 0.444. The highest BCUT2D eigenvalue weighted by Gasteiger charge is 2.18. The number of fused-ring (bicyclic) bond motifs is 1. The smallest absolute Gasteiger partial charge is 0.119 e. The summed E-state index contributed by atoms with van der Waals surface area (Å²) in [5, 5.41) is 0. The highest BCUT2D eigenvalue weighted by molar-refractivity contribution is 9.09. The van der Waals surface area contributed by atoms with Gasteiger partial charge in [-0.15, -0.1) is 11.3 Å². The zero-order valence-electron chi connectivity index (χ0n) is 12.6. The fourth-order valence-corrected chi connectivity index (χ4v) is 4.77. The molecule has 0 amide bonds. The van der Waals surface area contributed by atoms with Crippen molar-refractivity contribution in [1.82, 2.24) is 0 Å². The van der Waals surface area contributed by atoms with E-state index in [0.29, 0.717) is 4.83 Å². The first kappa shape index (κ1) is 15.1. The number of halogens is 1. The van der Waals surface area contributed by atoms with Crippen molar-refractivity contribution in [3.63, 3.8) is 0 Å². The van der Waals surface area contributed by atoms with Gasteiger partial charge < -0.3 is 4.74 Å². The fourth-order valence-electron chi connectivity index (χ4n) is 2.79. The predicted molar refractivity (Wildman–Crippen MR) is 93.9 cm³/mol. The molecule has 3 rings (SSSR count). The molecule has 1 aliphatic carbocycles. The van der Waals surface area contributed by atoms with Crippen molar-refractivity contribution in [2.45, 2.75) is 50.5 Å². The topological polar surface area (TPSA) is 9.23 Å². The summed E-state index contributed by atoms with van der Waals surface area (Å²) in [6.07, 6.45) is 5.44. The number of hydrogen-bond donors (Lipinski definition) is 0. The van der Waals surface area contributed by atoms with E-state index in [9.17, 15) is 0 Å². The van der Waals surface area contributed by atoms with E-state index in [-0.39, 0.29) is 6.10 Å². The molecule has 2 aromatic rings. The largest absolute Gasteiger partial charge is 0.491 e. The second-order valence-electron chi connectivity index (χ2n) is 5.90. The Labute approximate surface area is 139 Å². The van der Waals surface area contributed by atoms with E-state index >= 15 is 0 Å². The Kier molecular flexibility index (Phi) is 4.70. The third kappa shape index (κ3) is 3.51. The molecule has 3 heteroatoms. The molecule has 0 saturated carbocycles. The first-order valence-corrected chi connectivity index (χ1v) is 9.39. The van der Waals surface area contributed by atoms with Crippen molar-refractivity contribution in [2.24, 2.45) is 0 Å². The summed E-state index contributed by atoms with van der Waals surface area (Å²) in [5.74, 6) is 0.943. The maximum atomic E-state index is 5.71. The van der Waals surface area contributed by atoms with Crippen LogP contribution in [-0.4, -0.2) is 6.10 Å². The van der Waals surface area contributed by atoms with E-state index in [1.165, 1.54) is 36.1 Å². The van der Waals surface area contributed by atoms with Crippen LogP contribution in [0.4, 0.5) is 0 Å². The number of aryl methyl sites for hydroxylation is 2. The number of hydrogen-bond acceptors (Lipinski definition) is 2. The first-order valence-electron chi connectivity index (χ1n) is 7.65. The predicted octanol–water partition coefficient (Wildman–Crippen LogP) is 5.90. The van der Waals surface area contributed by atoms with Crippen LogP contribution < -0.4 is 4.74 Å². The second kappa shape index (κ2) is 6.53. The molecular formula is C18H21BrOS. The van der Waals surface area contributed by atoms with Crippen LogP contribution in [0.5, 0.6) is 5.75 Å². The molecule has 0 bridgehead atoms. The van der Waals surface area contributed by atoms with Gasteiger partial charge in [0.25, 0.3) is 0 Å². The van der Waals surface area contributed by atoms with Gasteiger partial charge in [-0.05, 0) is 68.9 Å². The van der Waals surface area contributed by atoms with Gasteiger partial charge in [-0.1, -0.05) is 28.1 Å². The quantitative estimate of drug-likeness (QED) is 0.613. The lowest BCUT2D eigenvalue weighted by Crippen LogP contribution is -2.05. The van der Waals surface area contributed by atoms with Gasteiger partial charge in [0.2, 0.25) is 0 Å². The van der Waals surface area contributed by atoms with Gasteiger partial charge in [0.05, 0.1) is 10.9 Å². The van der Waals surface area contributed by atoms with E-state index in [4.69, 9.17) is 4.74 Å². The molecule has 0 spiro atoms. The molecule has 0 radical (unpaired) electrons. The minimum absolute atomic E-state index is 0.222. The lowest BCUT2D eigenvalue weighted by atomic mass is 9.99. The summed E-state index contributed by atoms with van der Waals surface area (Å²) in [6.45, 7) is 4.11. The summed E-state index contributed by atoms with van der Waals surface area (Å²) in [6, 6.07) is 10.9. The summed E-state index contributed by atoms with van der Waals surface area (Å²) >= 11 is 5.84. The Morgan fingerprint density at radius 1 is 1.10 bits per heavy atom. The lowest BCUT2D eigenvalue weighted by molar-refractivity contribution is 0.242. The Bertz CT molecular complexity index is 577. The minimum Gasteiger partial charge on any atom is -0.491 e. The highest BCUT2D eigenvalue weighted by Crippen LogP contribution is 2.39. The van der Waals surface area contributed by atoms with Gasteiger partial charge in [0.15, 0.2) is 0 Å². The molecule has 1 aliphatic rings. The van der Waals surface area contributed by atoms with Crippen molar-refractivity contribution in [1.29, 1.82) is 0 Å². The molecule has 1 nitrogen and oxygen atoms in total. The third-order valence-corrected chi connectivity index (χ3v) is 6.44. The molecule has 1 heterocycles. The molecule has 21 heavy (non-hydrogen) atoms. The Morgan fingerprint density at radius 2 is 1.81 bits per heavy atom. The van der Waals surface area contributed by atoms with Crippen molar-refractivity contribution < 1.29 is 4.74 Å². The number of rotatable bonds is 4. The van der Waals surface area contributed by atoms with Crippen LogP contribution >= 0.6 is 27.3 Å². The zero-order valence-corrected chi connectivity index (χ0v) is 15.0. The molecule has 0 fully saturated rings. The van der Waals surface area contributed by atoms with E-state index in [2.05, 4.69) is 60.1 Å². The zero-order chi connectivity index (χ0) is 14.8. The van der Waals surface area contributed by atoms with E-state index in [0.717, 1.165) is 5.75 Å². The number of benzene rings is 1. The van der Waals surface area contributed by atoms with Crippen LogP contribution in [0.15, 0.2) is 30.3 Å². The average molecular weight is 365 g/mol. The molecule has 0 aliphatic heterocycles. The maximum Gasteiger partial charge on any atom is 0.119 e. The number of thiophene rings is 1. The van der Waals surface area contributed by atoms with Crippen molar-refractivity contribution in [3.05, 3.63) is 51.2 Å². The van der Waals surface area contributed by atoms with Crippen LogP contribution in [0.3, 0.4) is 0 Å². The van der Waals surface area contributed by atoms with Crippen LogP contribution in [0, 0.1) is 0 Å². The molecular weight excluding hydrogens is 344 g/mol. The molecule has 1 unspecified atom stereocenters. The standard InChI is InChI=1S/C18H21BrOS/c1-12(2)20-15-9-7-13(8-10-15)18(19)17-11-14-5-3-4-6-16(14)21-17/h7-12,18H,3-6H2,1-2H3. The summed E-state index contributed by atoms with van der Waals surface area (Å²) in [4.78, 5) is 3.32. The first-order chi connectivity index (χ1) is 10.1. The van der Waals surface area contributed by atoms with Gasteiger partial charge in [-0.25, -0.2) is 0 Å². The second-order valence-corrected chi connectivity index (χ2v) is 7.99. The third-order valence-electron chi connectivity index (χ3n) is 3.81. The van der Waals surface area contributed by atoms with Crippen LogP contribution in [-0.2, 0) is 12.8 Å². The number of alkyl halides is 1. The van der Waals surface area contributed by atoms with Crippen molar-refractivity contribution >= 4 is 27.3 Å². The maximum absolute atomic E-state index is 5.71. The van der Waals surface area contributed by atoms with Crippen molar-refractivity contribution in [2.75, 3.05) is 0 Å². The average Bonchev–Trinajstić information content (AvgIpc) is 2.90. The SMILES string of the molecule is CC(C)Oc1ccc(C(Br)c2cc3c(s2)CCCC3)cc1. The summed E-state index contributed by atoms with van der Waals surface area (Å²) in [5.41, 5.74) is 2.87. The van der Waals surface area contributed by atoms with Crippen LogP contribution in [0.1, 0.15) is 52.4 Å². The summed E-state index contributed by atoms with van der Waals surface area (Å²) in [7, 11) is 0. The van der Waals surface area contributed by atoms with Gasteiger partial charge in [0, 0.05) is 9.75 Å². The van der Waals surface area contributed by atoms with Crippen molar-refractivity contribution in [3.8, 4) is 5.75 Å². The minimum atomic E-state index is 0.222. The van der Waals surface area contributed by atoms with Gasteiger partial charge in [-0.2, -0.15) is 0 Å². The Balaban J connectivity index is 1.78. The Morgan fingerprint density at radius 3 is 2.48 bits per heavy atom. The molecule has 0 N–H and O–H groups in total. The van der Waals surface area contributed by atoms with Gasteiger partial charge in [-0.3, -0.25) is 0 Å². The van der Waals surface area contributed by atoms with E-state index < -0.39 is 0 Å². The van der Waals surface area contributed by atoms with Crippen LogP contribution in [0.2, 0.25) is 0 Å². The lowest BCUT2D eigenvalue weighted by Gasteiger charge is -2.12. The normalized spacial score (nSPS) is 15.8. The number of ether oxygens (including phenoxy) is 1. The Hall–Kier alpha value is -0.800. The van der Waals surface area contributed by atoms with E-state index in [1.807, 2.05) is 11.3 Å². The summed E-state index contributed by atoms with van der Waals surface area (Å²) < 4.78 is 5.71. The van der Waals surface area contributed by atoms with E-state index in [1.54, 1.807) is 10.4 Å². The van der Waals surface area contributed by atoms with Gasteiger partial charge in [0.1, 0.15) is 5.75 Å².